The lowest BCUT2D eigenvalue weighted by Crippen LogP contribution is -2.12. The molecule has 0 atom stereocenters. The first kappa shape index (κ1) is 16.7. The molecule has 0 aliphatic rings. The van der Waals surface area contributed by atoms with E-state index < -0.39 is 15.8 Å². The van der Waals surface area contributed by atoms with E-state index in [-0.39, 0.29) is 16.2 Å². The standard InChI is InChI=1S/C15H22O4S/c1-10(2)6-5-7-20(18,19)14-9-13(15(16)17)11(3)8-12(14)4/h8-10H,5-7H2,1-4H3,(H,16,17). The van der Waals surface area contributed by atoms with Crippen LogP contribution in [0.4, 0.5) is 0 Å². The summed E-state index contributed by atoms with van der Waals surface area (Å²) in [5, 5.41) is 9.10. The van der Waals surface area contributed by atoms with Gasteiger partial charge in [-0.25, -0.2) is 13.2 Å². The second-order valence-corrected chi connectivity index (χ2v) is 7.67. The second-order valence-electron chi connectivity index (χ2n) is 5.59. The summed E-state index contributed by atoms with van der Waals surface area (Å²) in [4.78, 5) is 11.3. The summed E-state index contributed by atoms with van der Waals surface area (Å²) in [5.74, 6) is -0.575. The van der Waals surface area contributed by atoms with E-state index in [0.29, 0.717) is 23.5 Å². The molecule has 1 aromatic rings. The Labute approximate surface area is 120 Å². The molecule has 5 heteroatoms. The first-order valence-electron chi connectivity index (χ1n) is 6.72. The molecule has 0 heterocycles. The van der Waals surface area contributed by atoms with Crippen LogP contribution in [0.15, 0.2) is 17.0 Å². The van der Waals surface area contributed by atoms with Gasteiger partial charge in [0.15, 0.2) is 9.84 Å². The minimum atomic E-state index is -3.42. The van der Waals surface area contributed by atoms with Gasteiger partial charge in [-0.3, -0.25) is 0 Å². The van der Waals surface area contributed by atoms with Crippen LogP contribution in [0.2, 0.25) is 0 Å². The first-order valence-corrected chi connectivity index (χ1v) is 8.37. The molecule has 1 rings (SSSR count). The maximum atomic E-state index is 12.3. The number of aryl methyl sites for hydroxylation is 2. The van der Waals surface area contributed by atoms with Gasteiger partial charge in [-0.1, -0.05) is 19.9 Å². The van der Waals surface area contributed by atoms with Gasteiger partial charge in [0, 0.05) is 0 Å². The van der Waals surface area contributed by atoms with E-state index in [1.165, 1.54) is 6.07 Å². The lowest BCUT2D eigenvalue weighted by atomic mass is 10.1. The zero-order valence-corrected chi connectivity index (χ0v) is 13.3. The van der Waals surface area contributed by atoms with Crippen molar-refractivity contribution in [3.8, 4) is 0 Å². The predicted molar refractivity (Wildman–Crippen MR) is 79.0 cm³/mol. The highest BCUT2D eigenvalue weighted by Gasteiger charge is 2.20. The Morgan fingerprint density at radius 1 is 1.20 bits per heavy atom. The average molecular weight is 298 g/mol. The Hall–Kier alpha value is -1.36. The Morgan fingerprint density at radius 3 is 2.30 bits per heavy atom. The number of rotatable bonds is 6. The first-order chi connectivity index (χ1) is 9.15. The van der Waals surface area contributed by atoms with Crippen molar-refractivity contribution in [3.05, 3.63) is 28.8 Å². The van der Waals surface area contributed by atoms with Crippen LogP contribution in [0.25, 0.3) is 0 Å². The fraction of sp³-hybridized carbons (Fsp3) is 0.533. The van der Waals surface area contributed by atoms with Gasteiger partial charge in [0.05, 0.1) is 16.2 Å². The SMILES string of the molecule is Cc1cc(C)c(S(=O)(=O)CCCC(C)C)cc1C(=O)O. The lowest BCUT2D eigenvalue weighted by Gasteiger charge is -2.11. The van der Waals surface area contributed by atoms with Crippen LogP contribution in [0.3, 0.4) is 0 Å². The third-order valence-corrected chi connectivity index (χ3v) is 5.22. The van der Waals surface area contributed by atoms with Crippen molar-refractivity contribution in [1.82, 2.24) is 0 Å². The van der Waals surface area contributed by atoms with Gasteiger partial charge in [0.1, 0.15) is 0 Å². The Bertz CT molecular complexity index is 601. The number of carbonyl (C=O) groups is 1. The zero-order valence-electron chi connectivity index (χ0n) is 12.4. The molecule has 0 aliphatic carbocycles. The number of hydrogen-bond acceptors (Lipinski definition) is 3. The van der Waals surface area contributed by atoms with E-state index in [9.17, 15) is 13.2 Å². The molecule has 4 nitrogen and oxygen atoms in total. The fourth-order valence-electron chi connectivity index (χ4n) is 2.19. The van der Waals surface area contributed by atoms with Gasteiger partial charge in [-0.2, -0.15) is 0 Å². The van der Waals surface area contributed by atoms with Crippen LogP contribution in [-0.2, 0) is 9.84 Å². The van der Waals surface area contributed by atoms with Gasteiger partial charge >= 0.3 is 5.97 Å². The number of carboxylic acids is 1. The molecule has 0 saturated carbocycles. The summed E-state index contributed by atoms with van der Waals surface area (Å²) < 4.78 is 24.7. The molecular weight excluding hydrogens is 276 g/mol. The summed E-state index contributed by atoms with van der Waals surface area (Å²) >= 11 is 0. The van der Waals surface area contributed by atoms with Gasteiger partial charge in [0.2, 0.25) is 0 Å². The van der Waals surface area contributed by atoms with Crippen molar-refractivity contribution < 1.29 is 18.3 Å². The molecule has 0 spiro atoms. The molecule has 1 aromatic carbocycles. The highest BCUT2D eigenvalue weighted by Crippen LogP contribution is 2.23. The van der Waals surface area contributed by atoms with Crippen molar-refractivity contribution in [2.45, 2.75) is 45.4 Å². The fourth-order valence-corrected chi connectivity index (χ4v) is 3.80. The van der Waals surface area contributed by atoms with E-state index in [2.05, 4.69) is 0 Å². The van der Waals surface area contributed by atoms with Crippen molar-refractivity contribution in [3.63, 3.8) is 0 Å². The van der Waals surface area contributed by atoms with Crippen molar-refractivity contribution in [2.75, 3.05) is 5.75 Å². The second kappa shape index (κ2) is 6.39. The lowest BCUT2D eigenvalue weighted by molar-refractivity contribution is 0.0696. The minimum absolute atomic E-state index is 0.0537. The monoisotopic (exact) mass is 298 g/mol. The number of benzene rings is 1. The zero-order chi connectivity index (χ0) is 15.5. The van der Waals surface area contributed by atoms with Crippen LogP contribution >= 0.6 is 0 Å². The number of sulfone groups is 1. The van der Waals surface area contributed by atoms with Gasteiger partial charge < -0.3 is 5.11 Å². The molecule has 0 unspecified atom stereocenters. The normalized spacial score (nSPS) is 11.8. The molecule has 0 fully saturated rings. The van der Waals surface area contributed by atoms with E-state index in [4.69, 9.17) is 5.11 Å². The van der Waals surface area contributed by atoms with E-state index in [0.717, 1.165) is 6.42 Å². The third kappa shape index (κ3) is 4.07. The Morgan fingerprint density at radius 2 is 1.80 bits per heavy atom. The number of carboxylic acid groups (broad SMARTS) is 1. The maximum Gasteiger partial charge on any atom is 0.335 e. The quantitative estimate of drug-likeness (QED) is 0.875. The van der Waals surface area contributed by atoms with Crippen LogP contribution in [-0.4, -0.2) is 25.2 Å². The molecule has 0 aromatic heterocycles. The molecule has 0 bridgehead atoms. The topological polar surface area (TPSA) is 71.4 Å². The summed E-state index contributed by atoms with van der Waals surface area (Å²) in [6, 6.07) is 2.91. The highest BCUT2D eigenvalue weighted by molar-refractivity contribution is 7.91. The summed E-state index contributed by atoms with van der Waals surface area (Å²) in [6.45, 7) is 7.47. The molecule has 0 radical (unpaired) electrons. The summed E-state index contributed by atoms with van der Waals surface area (Å²) in [5.41, 5.74) is 1.24. The number of aromatic carboxylic acids is 1. The minimum Gasteiger partial charge on any atom is -0.478 e. The molecule has 0 aliphatic heterocycles. The van der Waals surface area contributed by atoms with Gasteiger partial charge in [-0.05, 0) is 49.8 Å². The molecule has 1 N–H and O–H groups in total. The van der Waals surface area contributed by atoms with E-state index in [1.54, 1.807) is 19.9 Å². The smallest absolute Gasteiger partial charge is 0.335 e. The predicted octanol–water partition coefficient (Wildman–Crippen LogP) is 3.21. The third-order valence-electron chi connectivity index (χ3n) is 3.28. The average Bonchev–Trinajstić information content (AvgIpc) is 2.26. The molecule has 0 saturated heterocycles. The number of hydrogen-bond donors (Lipinski definition) is 1. The van der Waals surface area contributed by atoms with Crippen molar-refractivity contribution in [2.24, 2.45) is 5.92 Å². The summed E-state index contributed by atoms with van der Waals surface area (Å²) in [6.07, 6.45) is 1.44. The summed E-state index contributed by atoms with van der Waals surface area (Å²) in [7, 11) is -3.42. The van der Waals surface area contributed by atoms with Crippen LogP contribution in [0.5, 0.6) is 0 Å². The van der Waals surface area contributed by atoms with Gasteiger partial charge in [0.25, 0.3) is 0 Å². The molecule has 112 valence electrons. The van der Waals surface area contributed by atoms with Crippen LogP contribution < -0.4 is 0 Å². The molecule has 20 heavy (non-hydrogen) atoms. The maximum absolute atomic E-state index is 12.3. The van der Waals surface area contributed by atoms with Crippen LogP contribution in [0, 0.1) is 19.8 Å². The molecule has 0 amide bonds. The highest BCUT2D eigenvalue weighted by atomic mass is 32.2. The van der Waals surface area contributed by atoms with E-state index >= 15 is 0 Å². The largest absolute Gasteiger partial charge is 0.478 e. The van der Waals surface area contributed by atoms with Crippen molar-refractivity contribution in [1.29, 1.82) is 0 Å². The Balaban J connectivity index is 3.11. The Kier molecular flexibility index (Phi) is 5.34. The molecular formula is C15H22O4S. The van der Waals surface area contributed by atoms with Gasteiger partial charge in [-0.15, -0.1) is 0 Å². The van der Waals surface area contributed by atoms with E-state index in [1.807, 2.05) is 13.8 Å². The van der Waals surface area contributed by atoms with Crippen molar-refractivity contribution >= 4 is 15.8 Å². The van der Waals surface area contributed by atoms with Crippen LogP contribution in [0.1, 0.15) is 48.2 Å².